The molecule has 0 saturated heterocycles. The van der Waals surface area contributed by atoms with E-state index in [1.807, 2.05) is 0 Å². The number of halogens is 1. The molecule has 0 radical (unpaired) electrons. The lowest BCUT2D eigenvalue weighted by Gasteiger charge is -2.05. The van der Waals surface area contributed by atoms with Crippen LogP contribution in [0.4, 0.5) is 4.39 Å². The highest BCUT2D eigenvalue weighted by Gasteiger charge is 2.13. The molecule has 0 aliphatic heterocycles. The number of nitrogens with two attached hydrogens (primary N) is 1. The molecule has 0 amide bonds. The Morgan fingerprint density at radius 2 is 2.25 bits per heavy atom. The molecular weight excluding hydrogens is 161 g/mol. The highest BCUT2D eigenvalue weighted by atomic mass is 19.1. The lowest BCUT2D eigenvalue weighted by molar-refractivity contribution is -0.138. The molecule has 0 spiro atoms. The van der Waals surface area contributed by atoms with Crippen molar-refractivity contribution in [3.8, 4) is 0 Å². The Morgan fingerprint density at radius 1 is 1.58 bits per heavy atom. The number of hydrogen-bond acceptors (Lipinski definition) is 2. The van der Waals surface area contributed by atoms with Gasteiger partial charge in [-0.1, -0.05) is 12.1 Å². The van der Waals surface area contributed by atoms with Crippen LogP contribution in [0.5, 0.6) is 0 Å². The van der Waals surface area contributed by atoms with E-state index in [9.17, 15) is 9.18 Å². The third kappa shape index (κ3) is 1.79. The molecule has 0 aliphatic rings. The Balaban J connectivity index is 2.95. The Kier molecular flexibility index (Phi) is 2.40. The molecule has 1 rings (SSSR count). The summed E-state index contributed by atoms with van der Waals surface area (Å²) in [6, 6.07) is 4.09. The number of aliphatic carboxylic acids is 1. The van der Waals surface area contributed by atoms with E-state index in [0.717, 1.165) is 6.07 Å². The summed E-state index contributed by atoms with van der Waals surface area (Å²) in [6.45, 7) is 0. The van der Waals surface area contributed by atoms with Crippen LogP contribution >= 0.6 is 0 Å². The fourth-order valence-corrected chi connectivity index (χ4v) is 0.843. The number of benzene rings is 1. The highest BCUT2D eigenvalue weighted by molar-refractivity contribution is 5.75. The standard InChI is InChI=1S/C8H8FNO2/c9-6-3-1-2-5(4-6)7(10)8(11)12/h1-4,7H,10H2,(H,11,12)/t7-/m1/s1. The quantitative estimate of drug-likeness (QED) is 0.691. The lowest BCUT2D eigenvalue weighted by atomic mass is 10.1. The highest BCUT2D eigenvalue weighted by Crippen LogP contribution is 2.11. The predicted octanol–water partition coefficient (Wildman–Crippen LogP) is 0.910. The first-order valence-electron chi connectivity index (χ1n) is 3.35. The molecule has 3 N–H and O–H groups in total. The summed E-state index contributed by atoms with van der Waals surface area (Å²) >= 11 is 0. The molecule has 0 bridgehead atoms. The fraction of sp³-hybridized carbons (Fsp3) is 0.125. The van der Waals surface area contributed by atoms with Gasteiger partial charge in [0.2, 0.25) is 0 Å². The van der Waals surface area contributed by atoms with Gasteiger partial charge in [0.05, 0.1) is 0 Å². The van der Waals surface area contributed by atoms with Crippen LogP contribution < -0.4 is 5.73 Å². The van der Waals surface area contributed by atoms with Crippen LogP contribution in [-0.4, -0.2) is 11.1 Å². The van der Waals surface area contributed by atoms with Gasteiger partial charge in [-0.25, -0.2) is 4.39 Å². The van der Waals surface area contributed by atoms with Crippen LogP contribution in [0.1, 0.15) is 11.6 Å². The molecule has 1 atom stereocenters. The van der Waals surface area contributed by atoms with Crippen molar-refractivity contribution in [1.82, 2.24) is 0 Å². The monoisotopic (exact) mass is 169 g/mol. The first-order chi connectivity index (χ1) is 5.61. The van der Waals surface area contributed by atoms with E-state index in [1.165, 1.54) is 18.2 Å². The van der Waals surface area contributed by atoms with Crippen molar-refractivity contribution in [1.29, 1.82) is 0 Å². The summed E-state index contributed by atoms with van der Waals surface area (Å²) in [7, 11) is 0. The van der Waals surface area contributed by atoms with E-state index in [4.69, 9.17) is 10.8 Å². The first-order valence-corrected chi connectivity index (χ1v) is 3.35. The minimum atomic E-state index is -1.17. The van der Waals surface area contributed by atoms with E-state index in [2.05, 4.69) is 0 Å². The van der Waals surface area contributed by atoms with Crippen molar-refractivity contribution in [2.75, 3.05) is 0 Å². The van der Waals surface area contributed by atoms with Gasteiger partial charge in [0.15, 0.2) is 0 Å². The van der Waals surface area contributed by atoms with Gasteiger partial charge in [-0.15, -0.1) is 0 Å². The first kappa shape index (κ1) is 8.67. The van der Waals surface area contributed by atoms with Gasteiger partial charge in [-0.3, -0.25) is 4.79 Å². The Morgan fingerprint density at radius 3 is 2.75 bits per heavy atom. The van der Waals surface area contributed by atoms with Crippen molar-refractivity contribution in [3.63, 3.8) is 0 Å². The molecule has 0 unspecified atom stereocenters. The maximum atomic E-state index is 12.5. The summed E-state index contributed by atoms with van der Waals surface area (Å²) in [4.78, 5) is 10.4. The maximum absolute atomic E-state index is 12.5. The van der Waals surface area contributed by atoms with Gasteiger partial charge in [0, 0.05) is 0 Å². The van der Waals surface area contributed by atoms with Gasteiger partial charge in [-0.05, 0) is 17.7 Å². The fourth-order valence-electron chi connectivity index (χ4n) is 0.843. The summed E-state index contributed by atoms with van der Waals surface area (Å²) in [5.41, 5.74) is 5.51. The van der Waals surface area contributed by atoms with Crippen molar-refractivity contribution >= 4 is 5.97 Å². The van der Waals surface area contributed by atoms with Crippen molar-refractivity contribution in [2.45, 2.75) is 6.04 Å². The maximum Gasteiger partial charge on any atom is 0.325 e. The number of carboxylic acids is 1. The number of rotatable bonds is 2. The average Bonchev–Trinajstić information content (AvgIpc) is 2.03. The zero-order chi connectivity index (χ0) is 9.14. The number of carboxylic acid groups (broad SMARTS) is 1. The molecule has 1 aromatic rings. The Labute approximate surface area is 68.6 Å². The molecular formula is C8H8FNO2. The lowest BCUT2D eigenvalue weighted by Crippen LogP contribution is -2.20. The van der Waals surface area contributed by atoms with Crippen LogP contribution in [0.3, 0.4) is 0 Å². The summed E-state index contributed by atoms with van der Waals surface area (Å²) in [5.74, 6) is -1.65. The zero-order valence-corrected chi connectivity index (χ0v) is 6.20. The molecule has 4 heteroatoms. The third-order valence-corrected chi connectivity index (χ3v) is 1.47. The van der Waals surface area contributed by atoms with Gasteiger partial charge in [0.1, 0.15) is 11.9 Å². The normalized spacial score (nSPS) is 12.5. The van der Waals surface area contributed by atoms with E-state index < -0.39 is 17.8 Å². The van der Waals surface area contributed by atoms with Gasteiger partial charge < -0.3 is 10.8 Å². The van der Waals surface area contributed by atoms with E-state index in [-0.39, 0.29) is 5.56 Å². The minimum absolute atomic E-state index is 0.266. The SMILES string of the molecule is N[C@@H](C(=O)O)c1cccc(F)c1. The van der Waals surface area contributed by atoms with Crippen molar-refractivity contribution < 1.29 is 14.3 Å². The van der Waals surface area contributed by atoms with Crippen LogP contribution in [-0.2, 0) is 4.79 Å². The topological polar surface area (TPSA) is 63.3 Å². The molecule has 0 aliphatic carbocycles. The van der Waals surface area contributed by atoms with Crippen LogP contribution in [0.25, 0.3) is 0 Å². The molecule has 0 aromatic heterocycles. The van der Waals surface area contributed by atoms with Gasteiger partial charge >= 0.3 is 5.97 Å². The van der Waals surface area contributed by atoms with Gasteiger partial charge in [0.25, 0.3) is 0 Å². The summed E-state index contributed by atoms with van der Waals surface area (Å²) < 4.78 is 12.5. The molecule has 64 valence electrons. The smallest absolute Gasteiger partial charge is 0.325 e. The summed E-state index contributed by atoms with van der Waals surface area (Å²) in [6.07, 6.45) is 0. The largest absolute Gasteiger partial charge is 0.480 e. The molecule has 3 nitrogen and oxygen atoms in total. The van der Waals surface area contributed by atoms with Crippen LogP contribution in [0.2, 0.25) is 0 Å². The molecule has 1 aromatic carbocycles. The third-order valence-electron chi connectivity index (χ3n) is 1.47. The number of hydrogen-bond donors (Lipinski definition) is 2. The summed E-state index contributed by atoms with van der Waals surface area (Å²) in [5, 5.41) is 8.48. The second-order valence-corrected chi connectivity index (χ2v) is 2.37. The average molecular weight is 169 g/mol. The van der Waals surface area contributed by atoms with Gasteiger partial charge in [-0.2, -0.15) is 0 Å². The van der Waals surface area contributed by atoms with Crippen LogP contribution in [0, 0.1) is 5.82 Å². The second kappa shape index (κ2) is 3.32. The van der Waals surface area contributed by atoms with Crippen molar-refractivity contribution in [2.24, 2.45) is 5.73 Å². The molecule has 0 fully saturated rings. The Bertz CT molecular complexity index is 301. The molecule has 0 saturated carbocycles. The number of carbonyl (C=O) groups is 1. The zero-order valence-electron chi connectivity index (χ0n) is 6.20. The Hall–Kier alpha value is -1.42. The molecule has 12 heavy (non-hydrogen) atoms. The van der Waals surface area contributed by atoms with E-state index in [0.29, 0.717) is 0 Å². The van der Waals surface area contributed by atoms with Crippen molar-refractivity contribution in [3.05, 3.63) is 35.6 Å². The second-order valence-electron chi connectivity index (χ2n) is 2.37. The van der Waals surface area contributed by atoms with E-state index in [1.54, 1.807) is 0 Å². The molecule has 0 heterocycles. The van der Waals surface area contributed by atoms with Crippen LogP contribution in [0.15, 0.2) is 24.3 Å². The minimum Gasteiger partial charge on any atom is -0.480 e. The van der Waals surface area contributed by atoms with E-state index >= 15 is 0 Å². The predicted molar refractivity (Wildman–Crippen MR) is 41.0 cm³/mol.